The van der Waals surface area contributed by atoms with E-state index in [2.05, 4.69) is 5.32 Å². The molecule has 0 radical (unpaired) electrons. The molecule has 3 nitrogen and oxygen atoms in total. The highest BCUT2D eigenvalue weighted by Crippen LogP contribution is 2.24. The summed E-state index contributed by atoms with van der Waals surface area (Å²) in [4.78, 5) is 12.3. The van der Waals surface area contributed by atoms with E-state index in [4.69, 9.17) is 27.9 Å². The standard InChI is InChI=1S/C18H17Cl2NO2/c19-15-6-5-14(10-16(15)20)17(22)9-12-1-3-13(4-2-12)18-11-21-7-8-23-18/h1-6,10,18,21H,7-9,11H2. The normalized spacial score (nSPS) is 17.9. The van der Waals surface area contributed by atoms with Crippen LogP contribution in [0.5, 0.6) is 0 Å². The summed E-state index contributed by atoms with van der Waals surface area (Å²) in [5.74, 6) is 0.0203. The Bertz CT molecular complexity index is 695. The Kier molecular flexibility index (Phi) is 5.34. The molecule has 1 atom stereocenters. The van der Waals surface area contributed by atoms with Crippen LogP contribution in [0.1, 0.15) is 27.6 Å². The van der Waals surface area contributed by atoms with E-state index in [9.17, 15) is 4.79 Å². The van der Waals surface area contributed by atoms with Crippen LogP contribution in [-0.2, 0) is 11.2 Å². The third-order valence-electron chi connectivity index (χ3n) is 3.89. The molecular formula is C18H17Cl2NO2. The Morgan fingerprint density at radius 1 is 1.13 bits per heavy atom. The van der Waals surface area contributed by atoms with Gasteiger partial charge in [0.25, 0.3) is 0 Å². The van der Waals surface area contributed by atoms with E-state index in [1.807, 2.05) is 24.3 Å². The summed E-state index contributed by atoms with van der Waals surface area (Å²) >= 11 is 11.8. The molecule has 0 amide bonds. The number of carbonyl (C=O) groups is 1. The fourth-order valence-corrected chi connectivity index (χ4v) is 2.88. The predicted octanol–water partition coefficient (Wildman–Crippen LogP) is 4.08. The van der Waals surface area contributed by atoms with Gasteiger partial charge in [-0.1, -0.05) is 47.5 Å². The van der Waals surface area contributed by atoms with Crippen LogP contribution in [0.25, 0.3) is 0 Å². The smallest absolute Gasteiger partial charge is 0.167 e. The lowest BCUT2D eigenvalue weighted by molar-refractivity contribution is 0.0277. The number of hydrogen-bond acceptors (Lipinski definition) is 3. The molecular weight excluding hydrogens is 333 g/mol. The van der Waals surface area contributed by atoms with Gasteiger partial charge in [0.1, 0.15) is 0 Å². The first-order chi connectivity index (χ1) is 11.1. The maximum absolute atomic E-state index is 12.3. The van der Waals surface area contributed by atoms with Crippen LogP contribution < -0.4 is 5.32 Å². The van der Waals surface area contributed by atoms with E-state index in [1.165, 1.54) is 0 Å². The van der Waals surface area contributed by atoms with Gasteiger partial charge in [0.05, 0.1) is 22.8 Å². The molecule has 120 valence electrons. The summed E-state index contributed by atoms with van der Waals surface area (Å²) in [7, 11) is 0. The van der Waals surface area contributed by atoms with Crippen LogP contribution in [0, 0.1) is 0 Å². The Labute approximate surface area is 145 Å². The van der Waals surface area contributed by atoms with Crippen LogP contribution in [0.15, 0.2) is 42.5 Å². The van der Waals surface area contributed by atoms with E-state index in [1.54, 1.807) is 18.2 Å². The second-order valence-electron chi connectivity index (χ2n) is 5.53. The Balaban J connectivity index is 1.67. The lowest BCUT2D eigenvalue weighted by atomic mass is 10.0. The number of Topliss-reactive ketones (excluding diaryl/α,β-unsaturated/α-hetero) is 1. The first-order valence-corrected chi connectivity index (χ1v) is 8.28. The summed E-state index contributed by atoms with van der Waals surface area (Å²) in [6.07, 6.45) is 0.422. The first kappa shape index (κ1) is 16.5. The quantitative estimate of drug-likeness (QED) is 0.845. The van der Waals surface area contributed by atoms with Gasteiger partial charge in [-0.3, -0.25) is 4.79 Å². The molecule has 3 rings (SSSR count). The van der Waals surface area contributed by atoms with Gasteiger partial charge < -0.3 is 10.1 Å². The van der Waals surface area contributed by atoms with Crippen molar-refractivity contribution >= 4 is 29.0 Å². The molecule has 0 aromatic heterocycles. The molecule has 2 aromatic carbocycles. The zero-order valence-electron chi connectivity index (χ0n) is 12.5. The largest absolute Gasteiger partial charge is 0.371 e. The lowest BCUT2D eigenvalue weighted by Gasteiger charge is -2.24. The number of halogens is 2. The molecule has 1 aliphatic heterocycles. The Hall–Kier alpha value is -1.39. The third kappa shape index (κ3) is 4.12. The first-order valence-electron chi connectivity index (χ1n) is 7.53. The van der Waals surface area contributed by atoms with Crippen molar-refractivity contribution in [1.82, 2.24) is 5.32 Å². The molecule has 5 heteroatoms. The molecule has 2 aromatic rings. The molecule has 1 heterocycles. The third-order valence-corrected chi connectivity index (χ3v) is 4.62. The Morgan fingerprint density at radius 2 is 1.91 bits per heavy atom. The number of hydrogen-bond donors (Lipinski definition) is 1. The van der Waals surface area contributed by atoms with Crippen molar-refractivity contribution in [2.24, 2.45) is 0 Å². The van der Waals surface area contributed by atoms with Gasteiger partial charge in [-0.05, 0) is 29.3 Å². The van der Waals surface area contributed by atoms with E-state index < -0.39 is 0 Å². The molecule has 0 spiro atoms. The van der Waals surface area contributed by atoms with E-state index in [-0.39, 0.29) is 11.9 Å². The minimum Gasteiger partial charge on any atom is -0.371 e. The van der Waals surface area contributed by atoms with Crippen molar-refractivity contribution in [2.45, 2.75) is 12.5 Å². The van der Waals surface area contributed by atoms with Crippen molar-refractivity contribution in [3.05, 3.63) is 69.2 Å². The molecule has 1 aliphatic rings. The van der Waals surface area contributed by atoms with Crippen LogP contribution >= 0.6 is 23.2 Å². The van der Waals surface area contributed by atoms with Crippen LogP contribution in [0.4, 0.5) is 0 Å². The molecule has 1 saturated heterocycles. The number of rotatable bonds is 4. The fourth-order valence-electron chi connectivity index (χ4n) is 2.59. The Morgan fingerprint density at radius 3 is 2.57 bits per heavy atom. The van der Waals surface area contributed by atoms with Gasteiger partial charge in [-0.25, -0.2) is 0 Å². The van der Waals surface area contributed by atoms with Crippen LogP contribution in [0.2, 0.25) is 10.0 Å². The number of morpholine rings is 1. The average molecular weight is 350 g/mol. The highest BCUT2D eigenvalue weighted by molar-refractivity contribution is 6.42. The van der Waals surface area contributed by atoms with E-state index >= 15 is 0 Å². The molecule has 0 bridgehead atoms. The second kappa shape index (κ2) is 7.45. The predicted molar refractivity (Wildman–Crippen MR) is 92.5 cm³/mol. The molecule has 1 unspecified atom stereocenters. The van der Waals surface area contributed by atoms with Gasteiger partial charge in [-0.2, -0.15) is 0 Å². The molecule has 0 saturated carbocycles. The minimum atomic E-state index is 0.0203. The monoisotopic (exact) mass is 349 g/mol. The van der Waals surface area contributed by atoms with E-state index in [0.29, 0.717) is 22.0 Å². The zero-order chi connectivity index (χ0) is 16.2. The van der Waals surface area contributed by atoms with Crippen molar-refractivity contribution in [3.63, 3.8) is 0 Å². The lowest BCUT2D eigenvalue weighted by Crippen LogP contribution is -2.33. The topological polar surface area (TPSA) is 38.3 Å². The van der Waals surface area contributed by atoms with Crippen molar-refractivity contribution in [3.8, 4) is 0 Å². The number of nitrogens with one attached hydrogen (secondary N) is 1. The number of ketones is 1. The summed E-state index contributed by atoms with van der Waals surface area (Å²) in [6.45, 7) is 2.44. The average Bonchev–Trinajstić information content (AvgIpc) is 2.59. The van der Waals surface area contributed by atoms with Gasteiger partial charge >= 0.3 is 0 Å². The van der Waals surface area contributed by atoms with Crippen molar-refractivity contribution in [2.75, 3.05) is 19.7 Å². The molecule has 1 N–H and O–H groups in total. The summed E-state index contributed by atoms with van der Waals surface area (Å²) in [5, 5.41) is 4.16. The van der Waals surface area contributed by atoms with Crippen molar-refractivity contribution in [1.29, 1.82) is 0 Å². The fraction of sp³-hybridized carbons (Fsp3) is 0.278. The maximum atomic E-state index is 12.3. The zero-order valence-corrected chi connectivity index (χ0v) is 14.0. The van der Waals surface area contributed by atoms with Crippen molar-refractivity contribution < 1.29 is 9.53 Å². The van der Waals surface area contributed by atoms with E-state index in [0.717, 1.165) is 30.8 Å². The minimum absolute atomic E-state index is 0.0203. The molecule has 23 heavy (non-hydrogen) atoms. The number of ether oxygens (including phenoxy) is 1. The van der Waals surface area contributed by atoms with Gasteiger partial charge in [0, 0.05) is 25.1 Å². The van der Waals surface area contributed by atoms with Gasteiger partial charge in [-0.15, -0.1) is 0 Å². The van der Waals surface area contributed by atoms with Gasteiger partial charge in [0.2, 0.25) is 0 Å². The number of benzene rings is 2. The van der Waals surface area contributed by atoms with Crippen LogP contribution in [-0.4, -0.2) is 25.5 Å². The summed E-state index contributed by atoms with van der Waals surface area (Å²) in [5.41, 5.74) is 2.67. The molecule has 1 fully saturated rings. The summed E-state index contributed by atoms with van der Waals surface area (Å²) < 4.78 is 5.72. The van der Waals surface area contributed by atoms with Crippen LogP contribution in [0.3, 0.4) is 0 Å². The highest BCUT2D eigenvalue weighted by Gasteiger charge is 2.15. The second-order valence-corrected chi connectivity index (χ2v) is 6.35. The summed E-state index contributed by atoms with van der Waals surface area (Å²) in [6, 6.07) is 13.0. The SMILES string of the molecule is O=C(Cc1ccc(C2CNCCO2)cc1)c1ccc(Cl)c(Cl)c1. The van der Waals surface area contributed by atoms with Gasteiger partial charge in [0.15, 0.2) is 5.78 Å². The highest BCUT2D eigenvalue weighted by atomic mass is 35.5. The molecule has 0 aliphatic carbocycles. The maximum Gasteiger partial charge on any atom is 0.167 e. The number of carbonyl (C=O) groups excluding carboxylic acids is 1.